The van der Waals surface area contributed by atoms with Gasteiger partial charge < -0.3 is 10.6 Å². The fraction of sp³-hybridized carbons (Fsp3) is 0.600. The second-order valence-corrected chi connectivity index (χ2v) is 6.06. The number of benzene rings is 1. The van der Waals surface area contributed by atoms with Crippen LogP contribution in [0.5, 0.6) is 0 Å². The summed E-state index contributed by atoms with van der Waals surface area (Å²) in [5.41, 5.74) is 7.05. The van der Waals surface area contributed by atoms with Gasteiger partial charge in [0, 0.05) is 16.0 Å². The van der Waals surface area contributed by atoms with Crippen molar-refractivity contribution in [3.63, 3.8) is 0 Å². The van der Waals surface area contributed by atoms with Gasteiger partial charge in [-0.1, -0.05) is 36.2 Å². The summed E-state index contributed by atoms with van der Waals surface area (Å²) in [5, 5.41) is 1.50. The Morgan fingerprint density at radius 2 is 1.84 bits per heavy atom. The highest BCUT2D eigenvalue weighted by Gasteiger charge is 2.28. The maximum atomic E-state index is 6.33. The smallest absolute Gasteiger partial charge is 0.0456 e. The van der Waals surface area contributed by atoms with Crippen molar-refractivity contribution >= 4 is 23.2 Å². The van der Waals surface area contributed by atoms with Crippen LogP contribution in [-0.4, -0.2) is 31.1 Å². The van der Waals surface area contributed by atoms with Gasteiger partial charge in [-0.2, -0.15) is 0 Å². The third-order valence-electron chi connectivity index (χ3n) is 4.27. The Bertz CT molecular complexity index is 394. The Hall–Kier alpha value is -0.280. The number of hydrogen-bond acceptors (Lipinski definition) is 2. The highest BCUT2D eigenvalue weighted by Crippen LogP contribution is 2.39. The van der Waals surface area contributed by atoms with E-state index in [0.29, 0.717) is 12.5 Å². The monoisotopic (exact) mass is 300 g/mol. The zero-order chi connectivity index (χ0) is 13.8. The highest BCUT2D eigenvalue weighted by atomic mass is 35.5. The van der Waals surface area contributed by atoms with Gasteiger partial charge in [-0.25, -0.2) is 0 Å². The van der Waals surface area contributed by atoms with Gasteiger partial charge in [-0.05, 0) is 62.6 Å². The molecule has 2 N–H and O–H groups in total. The van der Waals surface area contributed by atoms with Crippen molar-refractivity contribution in [3.05, 3.63) is 33.8 Å². The number of piperidine rings is 1. The van der Waals surface area contributed by atoms with Crippen LogP contribution in [0, 0.1) is 5.92 Å². The van der Waals surface area contributed by atoms with Crippen LogP contribution in [0.25, 0.3) is 0 Å². The molecule has 0 bridgehead atoms. The summed E-state index contributed by atoms with van der Waals surface area (Å²) in [7, 11) is 0. The molecule has 1 unspecified atom stereocenters. The molecule has 0 amide bonds. The third-order valence-corrected chi connectivity index (χ3v) is 4.93. The lowest BCUT2D eigenvalue weighted by atomic mass is 9.80. The summed E-state index contributed by atoms with van der Waals surface area (Å²) in [6.45, 7) is 6.26. The topological polar surface area (TPSA) is 29.3 Å². The summed E-state index contributed by atoms with van der Waals surface area (Å²) in [5.74, 6) is 0.866. The minimum Gasteiger partial charge on any atom is -0.330 e. The summed E-state index contributed by atoms with van der Waals surface area (Å²) < 4.78 is 0. The van der Waals surface area contributed by atoms with Crippen molar-refractivity contribution in [3.8, 4) is 0 Å². The van der Waals surface area contributed by atoms with Gasteiger partial charge in [0.2, 0.25) is 0 Å². The van der Waals surface area contributed by atoms with Crippen molar-refractivity contribution in [2.45, 2.75) is 25.7 Å². The Morgan fingerprint density at radius 3 is 2.32 bits per heavy atom. The van der Waals surface area contributed by atoms with Crippen LogP contribution in [0.3, 0.4) is 0 Å². The van der Waals surface area contributed by atoms with Crippen LogP contribution >= 0.6 is 23.2 Å². The first-order chi connectivity index (χ1) is 9.17. The van der Waals surface area contributed by atoms with Crippen LogP contribution < -0.4 is 5.73 Å². The van der Waals surface area contributed by atoms with E-state index in [2.05, 4.69) is 11.8 Å². The minimum atomic E-state index is 0.278. The molecule has 2 nitrogen and oxygen atoms in total. The lowest BCUT2D eigenvalue weighted by Gasteiger charge is -2.36. The maximum absolute atomic E-state index is 6.33. The molecule has 1 aromatic rings. The molecule has 0 aromatic heterocycles. The molecular formula is C15H22Cl2N2. The number of rotatable bonds is 4. The van der Waals surface area contributed by atoms with E-state index in [1.165, 1.54) is 12.8 Å². The summed E-state index contributed by atoms with van der Waals surface area (Å²) >= 11 is 12.7. The van der Waals surface area contributed by atoms with Gasteiger partial charge >= 0.3 is 0 Å². The van der Waals surface area contributed by atoms with Crippen LogP contribution in [0.1, 0.15) is 31.2 Å². The first-order valence-electron chi connectivity index (χ1n) is 7.03. The quantitative estimate of drug-likeness (QED) is 0.917. The van der Waals surface area contributed by atoms with Crippen LogP contribution in [0.2, 0.25) is 10.0 Å². The number of likely N-dealkylation sites (tertiary alicyclic amines) is 1. The summed E-state index contributed by atoms with van der Waals surface area (Å²) in [4.78, 5) is 2.48. The first-order valence-corrected chi connectivity index (χ1v) is 7.79. The second-order valence-electron chi connectivity index (χ2n) is 5.25. The molecule has 1 aliphatic heterocycles. The Balaban J connectivity index is 2.17. The molecule has 0 radical (unpaired) electrons. The van der Waals surface area contributed by atoms with Crippen molar-refractivity contribution in [2.75, 3.05) is 26.2 Å². The Morgan fingerprint density at radius 1 is 1.26 bits per heavy atom. The molecule has 106 valence electrons. The van der Waals surface area contributed by atoms with Crippen molar-refractivity contribution < 1.29 is 0 Å². The number of hydrogen-bond donors (Lipinski definition) is 1. The molecule has 19 heavy (non-hydrogen) atoms. The number of nitrogens with zero attached hydrogens (tertiary/aromatic N) is 1. The number of halogens is 2. The molecule has 2 rings (SSSR count). The lowest BCUT2D eigenvalue weighted by Crippen LogP contribution is -2.37. The largest absolute Gasteiger partial charge is 0.330 e. The molecule has 1 atom stereocenters. The summed E-state index contributed by atoms with van der Waals surface area (Å²) in [6, 6.07) is 5.71. The molecule has 0 aliphatic carbocycles. The van der Waals surface area contributed by atoms with Gasteiger partial charge in [0.1, 0.15) is 0 Å². The van der Waals surface area contributed by atoms with E-state index in [1.54, 1.807) is 0 Å². The molecule has 1 aliphatic rings. The molecular weight excluding hydrogens is 279 g/mol. The first kappa shape index (κ1) is 15.1. The molecule has 0 saturated carbocycles. The van der Waals surface area contributed by atoms with E-state index in [-0.39, 0.29) is 5.92 Å². The van der Waals surface area contributed by atoms with Gasteiger partial charge in [-0.3, -0.25) is 0 Å². The van der Waals surface area contributed by atoms with E-state index in [4.69, 9.17) is 28.9 Å². The van der Waals surface area contributed by atoms with E-state index in [1.807, 2.05) is 18.2 Å². The van der Waals surface area contributed by atoms with Crippen molar-refractivity contribution in [1.29, 1.82) is 0 Å². The van der Waals surface area contributed by atoms with E-state index in [0.717, 1.165) is 35.2 Å². The normalized spacial score (nSPS) is 19.6. The van der Waals surface area contributed by atoms with Crippen LogP contribution in [0.4, 0.5) is 0 Å². The standard InChI is InChI=1S/C15H22Cl2N2/c1-2-19-8-6-11(7-9-19)12(10-18)15-13(16)4-3-5-14(15)17/h3-5,11-12H,2,6-10,18H2,1H3. The van der Waals surface area contributed by atoms with Crippen molar-refractivity contribution in [1.82, 2.24) is 4.90 Å². The van der Waals surface area contributed by atoms with Crippen molar-refractivity contribution in [2.24, 2.45) is 11.7 Å². The third kappa shape index (κ3) is 3.43. The van der Waals surface area contributed by atoms with Crippen LogP contribution in [0.15, 0.2) is 18.2 Å². The molecule has 4 heteroatoms. The highest BCUT2D eigenvalue weighted by molar-refractivity contribution is 6.36. The molecule has 1 aromatic carbocycles. The minimum absolute atomic E-state index is 0.278. The van der Waals surface area contributed by atoms with E-state index < -0.39 is 0 Å². The molecule has 1 heterocycles. The predicted molar refractivity (Wildman–Crippen MR) is 83.1 cm³/mol. The number of nitrogens with two attached hydrogens (primary N) is 1. The zero-order valence-corrected chi connectivity index (χ0v) is 12.9. The average Bonchev–Trinajstić information content (AvgIpc) is 2.43. The maximum Gasteiger partial charge on any atom is 0.0456 e. The Labute approximate surface area is 125 Å². The Kier molecular flexibility index (Phi) is 5.52. The predicted octanol–water partition coefficient (Wildman–Crippen LogP) is 3.77. The van der Waals surface area contributed by atoms with Gasteiger partial charge in [0.05, 0.1) is 0 Å². The van der Waals surface area contributed by atoms with E-state index in [9.17, 15) is 0 Å². The molecule has 1 saturated heterocycles. The fourth-order valence-corrected chi connectivity index (χ4v) is 3.76. The van der Waals surface area contributed by atoms with Gasteiger partial charge in [0.15, 0.2) is 0 Å². The molecule has 1 fully saturated rings. The SMILES string of the molecule is CCN1CCC(C(CN)c2c(Cl)cccc2Cl)CC1. The second kappa shape index (κ2) is 6.94. The van der Waals surface area contributed by atoms with Gasteiger partial charge in [-0.15, -0.1) is 0 Å². The summed E-state index contributed by atoms with van der Waals surface area (Å²) in [6.07, 6.45) is 2.36. The van der Waals surface area contributed by atoms with Gasteiger partial charge in [0.25, 0.3) is 0 Å². The van der Waals surface area contributed by atoms with Crippen LogP contribution in [-0.2, 0) is 0 Å². The lowest BCUT2D eigenvalue weighted by molar-refractivity contribution is 0.176. The van der Waals surface area contributed by atoms with E-state index >= 15 is 0 Å². The molecule has 0 spiro atoms. The fourth-order valence-electron chi connectivity index (χ4n) is 3.08. The average molecular weight is 301 g/mol. The zero-order valence-electron chi connectivity index (χ0n) is 11.4.